The van der Waals surface area contributed by atoms with Crippen molar-refractivity contribution >= 4 is 23.2 Å². The number of hydrogen-bond acceptors (Lipinski definition) is 9. The van der Waals surface area contributed by atoms with Crippen LogP contribution in [0.25, 0.3) is 11.1 Å². The largest absolute Gasteiger partial charge is 0.496 e. The SMILES string of the molecule is CCCCC1(CCNC(=O)c2cc(-c3cccc(CN4O[C@@H](CO)[C@@H]([C@H](C)O)[C@H]4C(N)=O)c3OC)cc(N(C)C)c2)CNc2ccccc21. The number of aliphatic hydroxyl groups excluding tert-OH is 2. The second-order valence-corrected chi connectivity index (χ2v) is 13.5. The maximum absolute atomic E-state index is 13.8. The van der Waals surface area contributed by atoms with E-state index in [-0.39, 0.29) is 24.5 Å². The summed E-state index contributed by atoms with van der Waals surface area (Å²) >= 11 is 0. The first kappa shape index (κ1) is 36.1. The molecule has 264 valence electrons. The number of nitrogens with two attached hydrogens (primary N) is 1. The predicted molar refractivity (Wildman–Crippen MR) is 191 cm³/mol. The summed E-state index contributed by atoms with van der Waals surface area (Å²) in [4.78, 5) is 34.2. The number of anilines is 2. The van der Waals surface area contributed by atoms with Crippen molar-refractivity contribution in [3.63, 3.8) is 0 Å². The Bertz CT molecular complexity index is 1630. The Morgan fingerprint density at radius 2 is 1.94 bits per heavy atom. The van der Waals surface area contributed by atoms with Gasteiger partial charge in [-0.1, -0.05) is 56.2 Å². The summed E-state index contributed by atoms with van der Waals surface area (Å²) in [6.45, 7) is 4.90. The van der Waals surface area contributed by atoms with E-state index in [1.54, 1.807) is 14.0 Å². The van der Waals surface area contributed by atoms with Gasteiger partial charge >= 0.3 is 0 Å². The number of primary amides is 1. The lowest BCUT2D eigenvalue weighted by molar-refractivity contribution is -0.181. The number of hydroxylamine groups is 2. The Labute approximate surface area is 289 Å². The van der Waals surface area contributed by atoms with E-state index in [1.165, 1.54) is 16.3 Å². The molecule has 0 bridgehead atoms. The molecule has 0 aliphatic carbocycles. The lowest BCUT2D eigenvalue weighted by Gasteiger charge is -2.30. The monoisotopic (exact) mass is 673 g/mol. The number of rotatable bonds is 15. The Morgan fingerprint density at radius 1 is 1.16 bits per heavy atom. The van der Waals surface area contributed by atoms with Gasteiger partial charge in [0.15, 0.2) is 0 Å². The van der Waals surface area contributed by atoms with Crippen molar-refractivity contribution in [3.05, 3.63) is 77.4 Å². The van der Waals surface area contributed by atoms with Crippen LogP contribution < -0.4 is 26.0 Å². The maximum Gasteiger partial charge on any atom is 0.251 e. The van der Waals surface area contributed by atoms with Gasteiger partial charge < -0.3 is 36.2 Å². The zero-order chi connectivity index (χ0) is 35.3. The molecule has 0 radical (unpaired) electrons. The van der Waals surface area contributed by atoms with Gasteiger partial charge in [-0.3, -0.25) is 14.4 Å². The van der Waals surface area contributed by atoms with Gasteiger partial charge in [0.25, 0.3) is 5.91 Å². The van der Waals surface area contributed by atoms with E-state index in [4.69, 9.17) is 15.3 Å². The highest BCUT2D eigenvalue weighted by Crippen LogP contribution is 2.43. The van der Waals surface area contributed by atoms with Crippen LogP contribution in [0.4, 0.5) is 11.4 Å². The molecule has 49 heavy (non-hydrogen) atoms. The van der Waals surface area contributed by atoms with Gasteiger partial charge in [-0.05, 0) is 55.2 Å². The fourth-order valence-electron chi connectivity index (χ4n) is 7.47. The van der Waals surface area contributed by atoms with Gasteiger partial charge in [0.1, 0.15) is 17.9 Å². The van der Waals surface area contributed by atoms with Crippen LogP contribution in [0.5, 0.6) is 5.75 Å². The van der Waals surface area contributed by atoms with E-state index in [9.17, 15) is 19.8 Å². The van der Waals surface area contributed by atoms with Crippen LogP contribution in [0, 0.1) is 5.92 Å². The summed E-state index contributed by atoms with van der Waals surface area (Å²) in [5, 5.41) is 28.5. The fraction of sp³-hybridized carbons (Fsp3) is 0.474. The fourth-order valence-corrected chi connectivity index (χ4v) is 7.47. The number of para-hydroxylation sites is 2. The summed E-state index contributed by atoms with van der Waals surface area (Å²) in [6.07, 6.45) is 2.41. The zero-order valence-electron chi connectivity index (χ0n) is 29.2. The van der Waals surface area contributed by atoms with Crippen LogP contribution >= 0.6 is 0 Å². The molecule has 3 aromatic carbocycles. The number of amides is 2. The van der Waals surface area contributed by atoms with Crippen molar-refractivity contribution < 1.29 is 29.4 Å². The van der Waals surface area contributed by atoms with Gasteiger partial charge in [0, 0.05) is 66.6 Å². The van der Waals surface area contributed by atoms with Crippen molar-refractivity contribution in [3.8, 4) is 16.9 Å². The molecule has 2 aliphatic rings. The highest BCUT2D eigenvalue weighted by Gasteiger charge is 2.48. The van der Waals surface area contributed by atoms with Crippen molar-refractivity contribution in [1.29, 1.82) is 0 Å². The third-order valence-electron chi connectivity index (χ3n) is 10.1. The number of hydrogen-bond donors (Lipinski definition) is 5. The molecule has 5 rings (SSSR count). The minimum Gasteiger partial charge on any atom is -0.496 e. The normalized spacial score (nSPS) is 22.3. The number of unbranched alkanes of at least 4 members (excludes halogenated alkanes) is 1. The number of nitrogens with zero attached hydrogens (tertiary/aromatic N) is 2. The predicted octanol–water partition coefficient (Wildman–Crippen LogP) is 4.06. The number of carbonyl (C=O) groups excluding carboxylic acids is 2. The minimum atomic E-state index is -0.951. The Kier molecular flexibility index (Phi) is 11.5. The first-order valence-corrected chi connectivity index (χ1v) is 17.2. The lowest BCUT2D eigenvalue weighted by atomic mass is 9.75. The molecule has 11 nitrogen and oxygen atoms in total. The Hall–Kier alpha value is -4.16. The topological polar surface area (TPSA) is 150 Å². The zero-order valence-corrected chi connectivity index (χ0v) is 29.2. The molecule has 3 aromatic rings. The molecular formula is C38H51N5O6. The molecule has 5 atom stereocenters. The molecule has 11 heteroatoms. The van der Waals surface area contributed by atoms with Gasteiger partial charge in [-0.2, -0.15) is 5.06 Å². The molecule has 1 saturated heterocycles. The summed E-state index contributed by atoms with van der Waals surface area (Å²) < 4.78 is 5.94. The van der Waals surface area contributed by atoms with Crippen LogP contribution in [0.15, 0.2) is 60.7 Å². The van der Waals surface area contributed by atoms with Gasteiger partial charge in [-0.15, -0.1) is 0 Å². The van der Waals surface area contributed by atoms with E-state index in [0.717, 1.165) is 49.0 Å². The molecule has 2 heterocycles. The number of methoxy groups -OCH3 is 1. The Balaban J connectivity index is 1.40. The van der Waals surface area contributed by atoms with Crippen molar-refractivity contribution in [2.24, 2.45) is 11.7 Å². The van der Waals surface area contributed by atoms with Crippen LogP contribution in [0.1, 0.15) is 61.0 Å². The van der Waals surface area contributed by atoms with Gasteiger partial charge in [-0.25, -0.2) is 0 Å². The first-order valence-electron chi connectivity index (χ1n) is 17.2. The van der Waals surface area contributed by atoms with Crippen LogP contribution in [-0.4, -0.2) is 86.2 Å². The van der Waals surface area contributed by atoms with Crippen LogP contribution in [0.3, 0.4) is 0 Å². The van der Waals surface area contributed by atoms with E-state index in [1.807, 2.05) is 55.4 Å². The summed E-state index contributed by atoms with van der Waals surface area (Å²) in [7, 11) is 5.43. The standard InChI is InChI=1S/C38H51N5O6/c1-6-7-15-38(23-41-31-14-9-8-13-30(31)38)16-17-40-37(47)27-18-26(19-28(20-27)42(3)4)29-12-10-11-25(35(29)48-5)21-43-34(36(39)46)33(24(2)45)32(22-44)49-43/h8-14,18-20,24,32-34,41,44-45H,6-7,15-17,21-23H2,1-5H3,(H2,39,46)(H,40,47)/t24-,32-,33+,34-,38?/m0/s1. The van der Waals surface area contributed by atoms with Crippen LogP contribution in [-0.2, 0) is 21.6 Å². The smallest absolute Gasteiger partial charge is 0.251 e. The molecule has 6 N–H and O–H groups in total. The van der Waals surface area contributed by atoms with E-state index < -0.39 is 30.1 Å². The Morgan fingerprint density at radius 3 is 2.61 bits per heavy atom. The van der Waals surface area contributed by atoms with Crippen molar-refractivity contribution in [2.75, 3.05) is 51.1 Å². The molecular weight excluding hydrogens is 622 g/mol. The summed E-state index contributed by atoms with van der Waals surface area (Å²) in [5.41, 5.74) is 11.9. The molecule has 0 saturated carbocycles. The van der Waals surface area contributed by atoms with Crippen molar-refractivity contribution in [2.45, 2.75) is 69.7 Å². The quantitative estimate of drug-likeness (QED) is 0.161. The number of fused-ring (bicyclic) bond motifs is 1. The minimum absolute atomic E-state index is 0.0245. The molecule has 0 aromatic heterocycles. The third-order valence-corrected chi connectivity index (χ3v) is 10.1. The number of ether oxygens (including phenoxy) is 1. The highest BCUT2D eigenvalue weighted by molar-refractivity contribution is 5.97. The molecule has 0 spiro atoms. The summed E-state index contributed by atoms with van der Waals surface area (Å²) in [6, 6.07) is 19.0. The average molecular weight is 674 g/mol. The maximum atomic E-state index is 13.8. The number of benzene rings is 3. The number of carbonyl (C=O) groups is 2. The molecule has 2 aliphatic heterocycles. The molecule has 1 unspecified atom stereocenters. The van der Waals surface area contributed by atoms with E-state index >= 15 is 0 Å². The van der Waals surface area contributed by atoms with Crippen LogP contribution in [0.2, 0.25) is 0 Å². The van der Waals surface area contributed by atoms with Gasteiger partial charge in [0.2, 0.25) is 5.91 Å². The third kappa shape index (κ3) is 7.55. The summed E-state index contributed by atoms with van der Waals surface area (Å²) in [5.74, 6) is -0.964. The number of aliphatic hydroxyl groups is 2. The average Bonchev–Trinajstić information content (AvgIpc) is 3.66. The molecule has 1 fully saturated rings. The first-order chi connectivity index (χ1) is 23.5. The molecule has 2 amide bonds. The van der Waals surface area contributed by atoms with E-state index in [2.05, 4.69) is 41.8 Å². The lowest BCUT2D eigenvalue weighted by Crippen LogP contribution is -2.47. The van der Waals surface area contributed by atoms with E-state index in [0.29, 0.717) is 23.4 Å². The van der Waals surface area contributed by atoms with Gasteiger partial charge in [0.05, 0.1) is 26.4 Å². The van der Waals surface area contributed by atoms with Crippen molar-refractivity contribution in [1.82, 2.24) is 10.4 Å². The number of nitrogens with one attached hydrogen (secondary N) is 2. The highest BCUT2D eigenvalue weighted by atomic mass is 16.7. The second-order valence-electron chi connectivity index (χ2n) is 13.5. The second kappa shape index (κ2) is 15.6.